The van der Waals surface area contributed by atoms with Gasteiger partial charge in [-0.1, -0.05) is 30.4 Å². The van der Waals surface area contributed by atoms with Gasteiger partial charge in [0.15, 0.2) is 0 Å². The molecule has 0 saturated carbocycles. The number of phenolic OH excluding ortho intramolecular Hbond substituents is 1. The van der Waals surface area contributed by atoms with Gasteiger partial charge in [-0.2, -0.15) is 0 Å². The number of esters is 1. The van der Waals surface area contributed by atoms with E-state index in [2.05, 4.69) is 0 Å². The zero-order valence-corrected chi connectivity index (χ0v) is 14.1. The highest BCUT2D eigenvalue weighted by Crippen LogP contribution is 2.35. The van der Waals surface area contributed by atoms with Crippen LogP contribution in [0, 0.1) is 27.2 Å². The molecular weight excluding hydrogens is 356 g/mol. The molecule has 2 rings (SSSR count). The Balaban J connectivity index is 2.14. The summed E-state index contributed by atoms with van der Waals surface area (Å²) in [6, 6.07) is 8.18. The predicted molar refractivity (Wildman–Crippen MR) is 96.4 cm³/mol. The molecule has 0 atom stereocenters. The molecule has 2 aromatic rings. The summed E-state index contributed by atoms with van der Waals surface area (Å²) in [5, 5.41) is 31.1. The number of phenols is 1. The van der Waals surface area contributed by atoms with Gasteiger partial charge in [-0.25, -0.2) is 4.79 Å². The second-order valence-corrected chi connectivity index (χ2v) is 5.36. The van der Waals surface area contributed by atoms with Crippen LogP contribution >= 0.6 is 0 Å². The minimum Gasteiger partial charge on any atom is -0.508 e. The number of hydrogen-bond acceptors (Lipinski definition) is 7. The molecule has 27 heavy (non-hydrogen) atoms. The normalized spacial score (nSPS) is 11.0. The molecule has 9 heteroatoms. The summed E-state index contributed by atoms with van der Waals surface area (Å²) < 4.78 is 4.98. The van der Waals surface area contributed by atoms with Crippen LogP contribution in [0.25, 0.3) is 6.08 Å². The molecule has 0 aliphatic heterocycles. The van der Waals surface area contributed by atoms with Crippen LogP contribution < -0.4 is 4.74 Å². The van der Waals surface area contributed by atoms with E-state index in [1.54, 1.807) is 24.3 Å². The average molecular weight is 370 g/mol. The van der Waals surface area contributed by atoms with Gasteiger partial charge in [-0.05, 0) is 24.6 Å². The summed E-state index contributed by atoms with van der Waals surface area (Å²) in [5.41, 5.74) is -0.251. The topological polar surface area (TPSA) is 133 Å². The summed E-state index contributed by atoms with van der Waals surface area (Å²) in [4.78, 5) is 32.2. The molecule has 0 saturated heterocycles. The van der Waals surface area contributed by atoms with Crippen LogP contribution in [0.5, 0.6) is 11.5 Å². The summed E-state index contributed by atoms with van der Waals surface area (Å²) in [6.45, 7) is 1.37. The fourth-order valence-electron chi connectivity index (χ4n) is 2.13. The van der Waals surface area contributed by atoms with Crippen LogP contribution in [-0.4, -0.2) is 20.9 Å². The van der Waals surface area contributed by atoms with Crippen molar-refractivity contribution in [1.29, 1.82) is 0 Å². The molecule has 0 aliphatic rings. The Bertz CT molecular complexity index is 947. The maximum absolute atomic E-state index is 11.9. The Morgan fingerprint density at radius 2 is 1.74 bits per heavy atom. The number of carbonyl (C=O) groups is 1. The lowest BCUT2D eigenvalue weighted by Gasteiger charge is -2.06. The number of aromatic hydroxyl groups is 1. The van der Waals surface area contributed by atoms with Crippen molar-refractivity contribution in [1.82, 2.24) is 0 Å². The molecule has 0 radical (unpaired) electrons. The van der Waals surface area contributed by atoms with Crippen molar-refractivity contribution >= 4 is 23.4 Å². The van der Waals surface area contributed by atoms with E-state index in [-0.39, 0.29) is 17.1 Å². The lowest BCUT2D eigenvalue weighted by Crippen LogP contribution is -2.07. The van der Waals surface area contributed by atoms with Crippen molar-refractivity contribution in [2.24, 2.45) is 0 Å². The smallest absolute Gasteiger partial charge is 0.336 e. The maximum atomic E-state index is 11.9. The SMILES string of the molecule is Cc1cc([N+](=O)[O-])cc([N+](=O)[O-])c1OC(=O)/C=C/C=C/c1ccc(O)cc1. The molecule has 0 aliphatic carbocycles. The van der Waals surface area contributed by atoms with Gasteiger partial charge in [0.25, 0.3) is 5.69 Å². The monoisotopic (exact) mass is 370 g/mol. The van der Waals surface area contributed by atoms with Gasteiger partial charge in [0, 0.05) is 17.7 Å². The molecule has 2 aromatic carbocycles. The van der Waals surface area contributed by atoms with Gasteiger partial charge in [-0.15, -0.1) is 0 Å². The van der Waals surface area contributed by atoms with Crippen molar-refractivity contribution in [2.45, 2.75) is 6.92 Å². The lowest BCUT2D eigenvalue weighted by atomic mass is 10.1. The third-order valence-corrected chi connectivity index (χ3v) is 3.38. The van der Waals surface area contributed by atoms with Gasteiger partial charge >= 0.3 is 11.7 Å². The molecular formula is C18H14N2O7. The van der Waals surface area contributed by atoms with Crippen LogP contribution in [0.15, 0.2) is 54.6 Å². The lowest BCUT2D eigenvalue weighted by molar-refractivity contribution is -0.394. The van der Waals surface area contributed by atoms with Crippen molar-refractivity contribution in [3.63, 3.8) is 0 Å². The molecule has 0 amide bonds. The Morgan fingerprint density at radius 3 is 2.33 bits per heavy atom. The minimum atomic E-state index is -0.870. The van der Waals surface area contributed by atoms with Crippen LogP contribution in [-0.2, 0) is 4.79 Å². The molecule has 0 unspecified atom stereocenters. The van der Waals surface area contributed by atoms with E-state index in [1.165, 1.54) is 25.1 Å². The fourth-order valence-corrected chi connectivity index (χ4v) is 2.13. The first-order valence-electron chi connectivity index (χ1n) is 7.57. The van der Waals surface area contributed by atoms with E-state index >= 15 is 0 Å². The number of nitro groups is 2. The predicted octanol–water partition coefficient (Wildman–Crippen LogP) is 3.69. The first-order valence-corrected chi connectivity index (χ1v) is 7.57. The Morgan fingerprint density at radius 1 is 1.07 bits per heavy atom. The van der Waals surface area contributed by atoms with E-state index in [4.69, 9.17) is 4.74 Å². The van der Waals surface area contributed by atoms with E-state index in [1.807, 2.05) is 0 Å². The average Bonchev–Trinajstić information content (AvgIpc) is 2.61. The van der Waals surface area contributed by atoms with Crippen molar-refractivity contribution in [3.05, 3.63) is 86.0 Å². The second-order valence-electron chi connectivity index (χ2n) is 5.36. The Labute approximate surface area is 153 Å². The van der Waals surface area contributed by atoms with Crippen molar-refractivity contribution in [2.75, 3.05) is 0 Å². The molecule has 138 valence electrons. The van der Waals surface area contributed by atoms with Crippen LogP contribution in [0.4, 0.5) is 11.4 Å². The van der Waals surface area contributed by atoms with Gasteiger partial charge in [0.2, 0.25) is 5.75 Å². The highest BCUT2D eigenvalue weighted by Gasteiger charge is 2.25. The number of ether oxygens (including phenoxy) is 1. The maximum Gasteiger partial charge on any atom is 0.336 e. The summed E-state index contributed by atoms with van der Waals surface area (Å²) in [6.07, 6.45) is 5.65. The van der Waals surface area contributed by atoms with Crippen molar-refractivity contribution in [3.8, 4) is 11.5 Å². The zero-order chi connectivity index (χ0) is 20.0. The molecule has 0 aromatic heterocycles. The van der Waals surface area contributed by atoms with E-state index in [9.17, 15) is 30.1 Å². The number of nitro benzene ring substituents is 2. The highest BCUT2D eigenvalue weighted by atomic mass is 16.6. The fraction of sp³-hybridized carbons (Fsp3) is 0.0556. The van der Waals surface area contributed by atoms with Gasteiger partial charge in [0.05, 0.1) is 15.9 Å². The number of aryl methyl sites for hydroxylation is 1. The molecule has 0 fully saturated rings. The number of hydrogen-bond donors (Lipinski definition) is 1. The highest BCUT2D eigenvalue weighted by molar-refractivity contribution is 5.85. The van der Waals surface area contributed by atoms with Crippen LogP contribution in [0.1, 0.15) is 11.1 Å². The minimum absolute atomic E-state index is 0.0947. The standard InChI is InChI=1S/C18H14N2O7/c1-12-10-14(19(23)24)11-16(20(25)26)18(12)27-17(22)5-3-2-4-13-6-8-15(21)9-7-13/h2-11,21H,1H3/b4-2+,5-3+. The molecule has 0 spiro atoms. The molecule has 0 bridgehead atoms. The number of carbonyl (C=O) groups excluding carboxylic acids is 1. The van der Waals surface area contributed by atoms with Crippen LogP contribution in [0.3, 0.4) is 0 Å². The Hall–Kier alpha value is -4.01. The number of allylic oxidation sites excluding steroid dienone is 2. The van der Waals surface area contributed by atoms with Gasteiger partial charge in [0.1, 0.15) is 5.75 Å². The summed E-state index contributed by atoms with van der Waals surface area (Å²) in [7, 11) is 0. The van der Waals surface area contributed by atoms with E-state index < -0.39 is 27.2 Å². The third-order valence-electron chi connectivity index (χ3n) is 3.38. The largest absolute Gasteiger partial charge is 0.508 e. The summed E-state index contributed by atoms with van der Waals surface area (Å²) in [5.74, 6) is -1.08. The van der Waals surface area contributed by atoms with Crippen LogP contribution in [0.2, 0.25) is 0 Å². The van der Waals surface area contributed by atoms with Gasteiger partial charge in [-0.3, -0.25) is 20.2 Å². The number of benzene rings is 2. The quantitative estimate of drug-likeness (QED) is 0.205. The first-order chi connectivity index (χ1) is 12.8. The number of rotatable bonds is 6. The van der Waals surface area contributed by atoms with Crippen molar-refractivity contribution < 1.29 is 24.5 Å². The zero-order valence-electron chi connectivity index (χ0n) is 14.1. The number of non-ortho nitro benzene ring substituents is 1. The molecule has 9 nitrogen and oxygen atoms in total. The molecule has 0 heterocycles. The molecule has 1 N–H and O–H groups in total. The second kappa shape index (κ2) is 8.39. The van der Waals surface area contributed by atoms with E-state index in [0.29, 0.717) is 0 Å². The number of nitrogens with zero attached hydrogens (tertiary/aromatic N) is 2. The van der Waals surface area contributed by atoms with Gasteiger partial charge < -0.3 is 9.84 Å². The van der Waals surface area contributed by atoms with E-state index in [0.717, 1.165) is 23.8 Å². The summed E-state index contributed by atoms with van der Waals surface area (Å²) >= 11 is 0. The Kier molecular flexibility index (Phi) is 6.00. The first kappa shape index (κ1) is 19.3. The third kappa shape index (κ3) is 5.23.